The van der Waals surface area contributed by atoms with Gasteiger partial charge in [0.25, 0.3) is 0 Å². The molecule has 0 saturated carbocycles. The van der Waals surface area contributed by atoms with Crippen molar-refractivity contribution in [1.82, 2.24) is 0 Å². The molecule has 0 fully saturated rings. The number of nitrogens with zero attached hydrogens (tertiary/aromatic N) is 1. The third-order valence-electron chi connectivity index (χ3n) is 3.60. The molecule has 0 saturated heterocycles. The molecule has 0 aliphatic carbocycles. The van der Waals surface area contributed by atoms with Crippen LogP contribution in [0, 0.1) is 0 Å². The number of anilines is 1. The molecule has 20 heavy (non-hydrogen) atoms. The van der Waals surface area contributed by atoms with E-state index in [2.05, 4.69) is 4.90 Å². The minimum Gasteiger partial charge on any atom is -0.389 e. The molecule has 2 unspecified atom stereocenters. The van der Waals surface area contributed by atoms with Crippen LogP contribution in [0.4, 0.5) is 5.69 Å². The van der Waals surface area contributed by atoms with E-state index in [0.29, 0.717) is 13.2 Å². The van der Waals surface area contributed by atoms with Crippen LogP contribution in [-0.4, -0.2) is 42.1 Å². The van der Waals surface area contributed by atoms with Crippen LogP contribution >= 0.6 is 0 Å². The molecule has 4 heteroatoms. The summed E-state index contributed by atoms with van der Waals surface area (Å²) in [5, 5.41) is 20.3. The van der Waals surface area contributed by atoms with E-state index >= 15 is 0 Å². The first-order valence-electron chi connectivity index (χ1n) is 7.39. The lowest BCUT2D eigenvalue weighted by Crippen LogP contribution is -2.36. The molecule has 0 aromatic heterocycles. The van der Waals surface area contributed by atoms with Gasteiger partial charge < -0.3 is 19.8 Å². The molecule has 0 radical (unpaired) electrons. The van der Waals surface area contributed by atoms with Crippen molar-refractivity contribution in [1.29, 1.82) is 0 Å². The van der Waals surface area contributed by atoms with E-state index < -0.39 is 12.2 Å². The Balaban J connectivity index is 2.06. The van der Waals surface area contributed by atoms with Crippen molar-refractivity contribution in [3.8, 4) is 0 Å². The second-order valence-corrected chi connectivity index (χ2v) is 5.70. The Kier molecular flexibility index (Phi) is 5.40. The van der Waals surface area contributed by atoms with Gasteiger partial charge in [-0.1, -0.05) is 18.2 Å². The van der Waals surface area contributed by atoms with Gasteiger partial charge in [0, 0.05) is 24.3 Å². The predicted molar refractivity (Wildman–Crippen MR) is 79.9 cm³/mol. The van der Waals surface area contributed by atoms with E-state index in [4.69, 9.17) is 4.74 Å². The van der Waals surface area contributed by atoms with E-state index in [-0.39, 0.29) is 6.10 Å². The zero-order chi connectivity index (χ0) is 14.5. The summed E-state index contributed by atoms with van der Waals surface area (Å²) < 4.78 is 5.46. The summed E-state index contributed by atoms with van der Waals surface area (Å²) in [6.45, 7) is 5.66. The summed E-state index contributed by atoms with van der Waals surface area (Å²) in [5.41, 5.74) is 1.99. The van der Waals surface area contributed by atoms with Crippen LogP contribution in [0.1, 0.15) is 38.4 Å². The highest BCUT2D eigenvalue weighted by Gasteiger charge is 2.22. The van der Waals surface area contributed by atoms with Gasteiger partial charge in [-0.2, -0.15) is 0 Å². The third kappa shape index (κ3) is 3.95. The lowest BCUT2D eigenvalue weighted by molar-refractivity contribution is 0.00890. The highest BCUT2D eigenvalue weighted by atomic mass is 16.5. The van der Waals surface area contributed by atoms with Crippen LogP contribution in [-0.2, 0) is 4.74 Å². The Hall–Kier alpha value is -1.10. The van der Waals surface area contributed by atoms with Gasteiger partial charge >= 0.3 is 0 Å². The Labute approximate surface area is 121 Å². The molecule has 0 spiro atoms. The average molecular weight is 279 g/mol. The number of fused-ring (bicyclic) bond motifs is 1. The minimum absolute atomic E-state index is 0.128. The highest BCUT2D eigenvalue weighted by Crippen LogP contribution is 2.32. The third-order valence-corrected chi connectivity index (χ3v) is 3.60. The molecule has 0 amide bonds. The number of rotatable bonds is 5. The fourth-order valence-corrected chi connectivity index (χ4v) is 2.61. The number of hydrogen-bond donors (Lipinski definition) is 2. The number of ether oxygens (including phenoxy) is 1. The molecule has 1 aliphatic rings. The number of aliphatic hydroxyl groups excluding tert-OH is 2. The lowest BCUT2D eigenvalue weighted by Gasteiger charge is -2.27. The zero-order valence-corrected chi connectivity index (χ0v) is 12.3. The Morgan fingerprint density at radius 1 is 1.35 bits per heavy atom. The van der Waals surface area contributed by atoms with Gasteiger partial charge in [0.05, 0.1) is 24.9 Å². The van der Waals surface area contributed by atoms with Gasteiger partial charge in [-0.05, 0) is 32.8 Å². The zero-order valence-electron chi connectivity index (χ0n) is 12.3. The summed E-state index contributed by atoms with van der Waals surface area (Å²) in [4.78, 5) is 2.15. The minimum atomic E-state index is -0.513. The molecule has 1 aliphatic heterocycles. The first kappa shape index (κ1) is 15.3. The lowest BCUT2D eigenvalue weighted by atomic mass is 10.0. The predicted octanol–water partition coefficient (Wildman–Crippen LogP) is 2.11. The summed E-state index contributed by atoms with van der Waals surface area (Å²) in [6, 6.07) is 7.90. The van der Waals surface area contributed by atoms with Crippen LogP contribution in [0.2, 0.25) is 0 Å². The molecule has 112 valence electrons. The maximum Gasteiger partial charge on any atom is 0.0948 e. The normalized spacial score (nSPS) is 20.6. The first-order chi connectivity index (χ1) is 9.58. The van der Waals surface area contributed by atoms with Crippen molar-refractivity contribution in [3.05, 3.63) is 29.8 Å². The second-order valence-electron chi connectivity index (χ2n) is 5.70. The van der Waals surface area contributed by atoms with Crippen molar-refractivity contribution in [3.63, 3.8) is 0 Å². The van der Waals surface area contributed by atoms with Crippen molar-refractivity contribution in [2.24, 2.45) is 0 Å². The maximum atomic E-state index is 10.2. The fraction of sp³-hybridized carbons (Fsp3) is 0.625. The number of hydrogen-bond acceptors (Lipinski definition) is 4. The first-order valence-corrected chi connectivity index (χ1v) is 7.39. The Morgan fingerprint density at radius 2 is 2.10 bits per heavy atom. The second kappa shape index (κ2) is 7.07. The van der Waals surface area contributed by atoms with E-state index in [1.54, 1.807) is 0 Å². The van der Waals surface area contributed by atoms with Crippen molar-refractivity contribution < 1.29 is 14.9 Å². The maximum absolute atomic E-state index is 10.2. The van der Waals surface area contributed by atoms with Gasteiger partial charge in [0.2, 0.25) is 0 Å². The molecule has 1 aromatic carbocycles. The van der Waals surface area contributed by atoms with Crippen molar-refractivity contribution >= 4 is 5.69 Å². The summed E-state index contributed by atoms with van der Waals surface area (Å²) >= 11 is 0. The average Bonchev–Trinajstić information content (AvgIpc) is 2.58. The fourth-order valence-electron chi connectivity index (χ4n) is 2.61. The molecule has 0 bridgehead atoms. The van der Waals surface area contributed by atoms with Gasteiger partial charge in [0.15, 0.2) is 0 Å². The quantitative estimate of drug-likeness (QED) is 0.867. The standard InChI is InChI=1S/C16H25NO3/c1-12(2)20-11-13(18)10-17-9-5-8-16(19)14-6-3-4-7-15(14)17/h3-4,6-7,12-13,16,18-19H,5,8-11H2,1-2H3. The van der Waals surface area contributed by atoms with Crippen LogP contribution < -0.4 is 4.90 Å². The van der Waals surface area contributed by atoms with Crippen molar-refractivity contribution in [2.45, 2.75) is 45.0 Å². The monoisotopic (exact) mass is 279 g/mol. The molecule has 4 nitrogen and oxygen atoms in total. The number of β-amino-alcohol motifs (C(OH)–C–C–N with tert-alkyl or cyclic N) is 1. The smallest absolute Gasteiger partial charge is 0.0948 e. The number of aliphatic hydroxyl groups is 2. The Bertz CT molecular complexity index is 422. The summed E-state index contributed by atoms with van der Waals surface area (Å²) in [7, 11) is 0. The van der Waals surface area contributed by atoms with E-state index in [1.165, 1.54) is 0 Å². The van der Waals surface area contributed by atoms with Crippen LogP contribution in [0.5, 0.6) is 0 Å². The van der Waals surface area contributed by atoms with E-state index in [9.17, 15) is 10.2 Å². The molecular formula is C16H25NO3. The summed E-state index contributed by atoms with van der Waals surface area (Å²) in [6.07, 6.45) is 0.906. The Morgan fingerprint density at radius 3 is 2.85 bits per heavy atom. The molecule has 2 N–H and O–H groups in total. The van der Waals surface area contributed by atoms with Gasteiger partial charge in [-0.25, -0.2) is 0 Å². The van der Waals surface area contributed by atoms with Crippen LogP contribution in [0.15, 0.2) is 24.3 Å². The summed E-state index contributed by atoms with van der Waals surface area (Å²) in [5.74, 6) is 0. The molecule has 2 rings (SSSR count). The topological polar surface area (TPSA) is 52.9 Å². The molecule has 2 atom stereocenters. The molecule has 1 aromatic rings. The van der Waals surface area contributed by atoms with Gasteiger partial charge in [0.1, 0.15) is 0 Å². The highest BCUT2D eigenvalue weighted by molar-refractivity contribution is 5.55. The van der Waals surface area contributed by atoms with Crippen LogP contribution in [0.25, 0.3) is 0 Å². The molecule has 1 heterocycles. The van der Waals surface area contributed by atoms with Gasteiger partial charge in [-0.15, -0.1) is 0 Å². The SMILES string of the molecule is CC(C)OCC(O)CN1CCCC(O)c2ccccc21. The largest absolute Gasteiger partial charge is 0.389 e. The van der Waals surface area contributed by atoms with Crippen LogP contribution in [0.3, 0.4) is 0 Å². The van der Waals surface area contributed by atoms with Gasteiger partial charge in [-0.3, -0.25) is 0 Å². The number of para-hydroxylation sites is 1. The number of benzene rings is 1. The van der Waals surface area contributed by atoms with Crippen molar-refractivity contribution in [2.75, 3.05) is 24.6 Å². The van der Waals surface area contributed by atoms with E-state index in [0.717, 1.165) is 30.6 Å². The van der Waals surface area contributed by atoms with E-state index in [1.807, 2.05) is 38.1 Å². The molecular weight excluding hydrogens is 254 g/mol.